The average molecular weight is 165 g/mol. The smallest absolute Gasteiger partial charge is 0.0540 e. The van der Waals surface area contributed by atoms with Crippen molar-refractivity contribution in [2.45, 2.75) is 25.8 Å². The quantitative estimate of drug-likeness (QED) is 0.674. The van der Waals surface area contributed by atoms with E-state index in [9.17, 15) is 0 Å². The predicted octanol–water partition coefficient (Wildman–Crippen LogP) is 1.00. The molecule has 3 heteroatoms. The Bertz CT molecular complexity index is 313. The van der Waals surface area contributed by atoms with Gasteiger partial charge in [-0.1, -0.05) is 13.8 Å². The number of hydrogen-bond acceptors (Lipinski definition) is 2. The summed E-state index contributed by atoms with van der Waals surface area (Å²) in [6.45, 7) is 4.39. The SMILES string of the molecule is Cn1cc(C2(N)CC2(C)C)cn1. The van der Waals surface area contributed by atoms with Crippen LogP contribution in [0.5, 0.6) is 0 Å². The summed E-state index contributed by atoms with van der Waals surface area (Å²) < 4.78 is 1.80. The van der Waals surface area contributed by atoms with Gasteiger partial charge in [0, 0.05) is 24.3 Å². The van der Waals surface area contributed by atoms with E-state index in [-0.39, 0.29) is 11.0 Å². The molecule has 1 heterocycles. The lowest BCUT2D eigenvalue weighted by atomic mass is 10.0. The Kier molecular flexibility index (Phi) is 1.24. The predicted molar refractivity (Wildman–Crippen MR) is 47.5 cm³/mol. The topological polar surface area (TPSA) is 43.8 Å². The van der Waals surface area contributed by atoms with Crippen LogP contribution in [-0.4, -0.2) is 9.78 Å². The second-order valence-corrected chi connectivity index (χ2v) is 4.43. The molecule has 0 amide bonds. The average Bonchev–Trinajstić information content (AvgIpc) is 2.37. The molecule has 1 unspecified atom stereocenters. The molecule has 0 spiro atoms. The monoisotopic (exact) mass is 165 g/mol. The van der Waals surface area contributed by atoms with E-state index in [1.807, 2.05) is 19.4 Å². The normalized spacial score (nSPS) is 32.0. The third kappa shape index (κ3) is 0.829. The van der Waals surface area contributed by atoms with Gasteiger partial charge in [0.05, 0.1) is 6.20 Å². The van der Waals surface area contributed by atoms with Crippen molar-refractivity contribution in [2.75, 3.05) is 0 Å². The molecule has 1 fully saturated rings. The highest BCUT2D eigenvalue weighted by Gasteiger charge is 2.59. The first-order valence-electron chi connectivity index (χ1n) is 4.24. The molecule has 0 aliphatic heterocycles. The van der Waals surface area contributed by atoms with Crippen molar-refractivity contribution in [1.82, 2.24) is 9.78 Å². The van der Waals surface area contributed by atoms with Gasteiger partial charge in [-0.25, -0.2) is 0 Å². The molecule has 0 aromatic carbocycles. The third-order valence-electron chi connectivity index (χ3n) is 3.02. The highest BCUT2D eigenvalue weighted by atomic mass is 15.2. The first-order chi connectivity index (χ1) is 5.46. The maximum absolute atomic E-state index is 6.21. The molecule has 3 nitrogen and oxygen atoms in total. The van der Waals surface area contributed by atoms with Gasteiger partial charge >= 0.3 is 0 Å². The van der Waals surface area contributed by atoms with Crippen LogP contribution in [0.3, 0.4) is 0 Å². The third-order valence-corrected chi connectivity index (χ3v) is 3.02. The molecule has 0 bridgehead atoms. The summed E-state index contributed by atoms with van der Waals surface area (Å²) in [6, 6.07) is 0. The minimum absolute atomic E-state index is 0.124. The molecule has 2 rings (SSSR count). The van der Waals surface area contributed by atoms with Gasteiger partial charge in [-0.2, -0.15) is 5.10 Å². The van der Waals surface area contributed by atoms with Crippen LogP contribution in [0.25, 0.3) is 0 Å². The van der Waals surface area contributed by atoms with Crippen LogP contribution in [0.2, 0.25) is 0 Å². The van der Waals surface area contributed by atoms with Gasteiger partial charge in [-0.05, 0) is 11.8 Å². The number of hydrogen-bond donors (Lipinski definition) is 1. The highest BCUT2D eigenvalue weighted by Crippen LogP contribution is 2.60. The van der Waals surface area contributed by atoms with Crippen molar-refractivity contribution in [1.29, 1.82) is 0 Å². The number of aryl methyl sites for hydroxylation is 1. The zero-order chi connectivity index (χ0) is 8.98. The zero-order valence-electron chi connectivity index (χ0n) is 7.83. The summed E-state index contributed by atoms with van der Waals surface area (Å²) in [4.78, 5) is 0. The number of nitrogens with two attached hydrogens (primary N) is 1. The van der Waals surface area contributed by atoms with Crippen LogP contribution in [0.1, 0.15) is 25.8 Å². The molecular formula is C9H15N3. The fourth-order valence-corrected chi connectivity index (χ4v) is 1.80. The van der Waals surface area contributed by atoms with E-state index < -0.39 is 0 Å². The van der Waals surface area contributed by atoms with E-state index >= 15 is 0 Å². The molecule has 66 valence electrons. The van der Waals surface area contributed by atoms with Crippen LogP contribution in [-0.2, 0) is 12.6 Å². The van der Waals surface area contributed by atoms with Gasteiger partial charge in [0.2, 0.25) is 0 Å². The van der Waals surface area contributed by atoms with Gasteiger partial charge < -0.3 is 5.73 Å². The fourth-order valence-electron chi connectivity index (χ4n) is 1.80. The second kappa shape index (κ2) is 1.91. The number of aromatic nitrogens is 2. The van der Waals surface area contributed by atoms with Gasteiger partial charge in [0.25, 0.3) is 0 Å². The molecule has 0 saturated heterocycles. The lowest BCUT2D eigenvalue weighted by Crippen LogP contribution is -2.24. The van der Waals surface area contributed by atoms with Crippen molar-refractivity contribution in [2.24, 2.45) is 18.2 Å². The highest BCUT2D eigenvalue weighted by molar-refractivity contribution is 5.31. The van der Waals surface area contributed by atoms with Crippen LogP contribution in [0.4, 0.5) is 0 Å². The largest absolute Gasteiger partial charge is 0.321 e. The molecule has 1 aliphatic rings. The van der Waals surface area contributed by atoms with Crippen molar-refractivity contribution in [3.05, 3.63) is 18.0 Å². The summed E-state index contributed by atoms with van der Waals surface area (Å²) >= 11 is 0. The minimum Gasteiger partial charge on any atom is -0.321 e. The van der Waals surface area contributed by atoms with Crippen LogP contribution >= 0.6 is 0 Å². The first kappa shape index (κ1) is 7.80. The van der Waals surface area contributed by atoms with E-state index in [0.717, 1.165) is 12.0 Å². The molecule has 12 heavy (non-hydrogen) atoms. The van der Waals surface area contributed by atoms with E-state index in [4.69, 9.17) is 5.73 Å². The molecule has 2 N–H and O–H groups in total. The van der Waals surface area contributed by atoms with Crippen molar-refractivity contribution >= 4 is 0 Å². The van der Waals surface area contributed by atoms with Crippen LogP contribution in [0, 0.1) is 5.41 Å². The van der Waals surface area contributed by atoms with Gasteiger partial charge in [0.1, 0.15) is 0 Å². The Hall–Kier alpha value is -0.830. The first-order valence-corrected chi connectivity index (χ1v) is 4.24. The lowest BCUT2D eigenvalue weighted by molar-refractivity contribution is 0.509. The Balaban J connectivity index is 2.34. The zero-order valence-corrected chi connectivity index (χ0v) is 7.83. The lowest BCUT2D eigenvalue weighted by Gasteiger charge is -2.11. The summed E-state index contributed by atoms with van der Waals surface area (Å²) in [6.07, 6.45) is 4.94. The summed E-state index contributed by atoms with van der Waals surface area (Å²) in [5.41, 5.74) is 7.49. The maximum Gasteiger partial charge on any atom is 0.0540 e. The van der Waals surface area contributed by atoms with Crippen molar-refractivity contribution in [3.8, 4) is 0 Å². The minimum atomic E-state index is -0.124. The molecule has 1 aromatic rings. The van der Waals surface area contributed by atoms with E-state index in [1.54, 1.807) is 4.68 Å². The Morgan fingerprint density at radius 3 is 2.50 bits per heavy atom. The summed E-state index contributed by atoms with van der Waals surface area (Å²) in [7, 11) is 1.92. The van der Waals surface area contributed by atoms with Crippen molar-refractivity contribution < 1.29 is 0 Å². The molecule has 1 aliphatic carbocycles. The molecule has 1 atom stereocenters. The molecule has 1 aromatic heterocycles. The Labute approximate surface area is 72.6 Å². The molecule has 1 saturated carbocycles. The van der Waals surface area contributed by atoms with Crippen molar-refractivity contribution in [3.63, 3.8) is 0 Å². The Morgan fingerprint density at radius 1 is 1.58 bits per heavy atom. The summed E-state index contributed by atoms with van der Waals surface area (Å²) in [5.74, 6) is 0. The van der Waals surface area contributed by atoms with E-state index in [2.05, 4.69) is 18.9 Å². The van der Waals surface area contributed by atoms with Gasteiger partial charge in [-0.3, -0.25) is 4.68 Å². The standard InChI is InChI=1S/C9H15N3/c1-8(2)6-9(8,10)7-4-11-12(3)5-7/h4-5H,6,10H2,1-3H3. The molecule has 0 radical (unpaired) electrons. The number of rotatable bonds is 1. The summed E-state index contributed by atoms with van der Waals surface area (Å²) in [5, 5.41) is 4.13. The van der Waals surface area contributed by atoms with E-state index in [1.165, 1.54) is 0 Å². The Morgan fingerprint density at radius 2 is 2.17 bits per heavy atom. The van der Waals surface area contributed by atoms with Gasteiger partial charge in [-0.15, -0.1) is 0 Å². The fraction of sp³-hybridized carbons (Fsp3) is 0.667. The molecular weight excluding hydrogens is 150 g/mol. The second-order valence-electron chi connectivity index (χ2n) is 4.43. The number of nitrogens with zero attached hydrogens (tertiary/aromatic N) is 2. The van der Waals surface area contributed by atoms with Crippen LogP contribution < -0.4 is 5.73 Å². The maximum atomic E-state index is 6.21. The van der Waals surface area contributed by atoms with Gasteiger partial charge in [0.15, 0.2) is 0 Å². The van der Waals surface area contributed by atoms with Crippen LogP contribution in [0.15, 0.2) is 12.4 Å². The van der Waals surface area contributed by atoms with E-state index in [0.29, 0.717) is 0 Å².